The van der Waals surface area contributed by atoms with Crippen LogP contribution in [-0.2, 0) is 17.5 Å². The van der Waals surface area contributed by atoms with Gasteiger partial charge >= 0.3 is 11.9 Å². The number of nitrogens with zero attached hydrogens (tertiary/aromatic N) is 7. The summed E-state index contributed by atoms with van der Waals surface area (Å²) < 4.78 is 52.0. The molecule has 15 heteroatoms. The maximum absolute atomic E-state index is 14.3. The summed E-state index contributed by atoms with van der Waals surface area (Å²) in [4.78, 5) is 21.7. The quantitative estimate of drug-likeness (QED) is 0.179. The van der Waals surface area contributed by atoms with E-state index < -0.39 is 37.9 Å². The van der Waals surface area contributed by atoms with Crippen LogP contribution in [0.4, 0.5) is 13.2 Å². The smallest absolute Gasteiger partial charge is 0.404 e. The van der Waals surface area contributed by atoms with Gasteiger partial charge in [-0.2, -0.15) is 13.2 Å². The molecule has 3 aromatic heterocycles. The van der Waals surface area contributed by atoms with Crippen LogP contribution in [-0.4, -0.2) is 54.7 Å². The average molecular weight is 615 g/mol. The molecule has 0 unspecified atom stereocenters. The topological polar surface area (TPSA) is 92.7 Å². The lowest BCUT2D eigenvalue weighted by atomic mass is 10.2. The molecule has 3 heterocycles. The minimum Gasteiger partial charge on any atom is -0.404 e. The zero-order chi connectivity index (χ0) is 29.5. The summed E-state index contributed by atoms with van der Waals surface area (Å²) in [6, 6.07) is 9.67. The molecular formula is C25H28Cl2F3N7O2Si. The first-order valence-corrected chi connectivity index (χ1v) is 15.9. The third kappa shape index (κ3) is 6.48. The van der Waals surface area contributed by atoms with Crippen LogP contribution >= 0.6 is 23.2 Å². The van der Waals surface area contributed by atoms with Gasteiger partial charge in [-0.3, -0.25) is 4.57 Å². The molecule has 40 heavy (non-hydrogen) atoms. The Kier molecular flexibility index (Phi) is 8.32. The minimum atomic E-state index is -4.72. The zero-order valence-electron chi connectivity index (χ0n) is 22.4. The van der Waals surface area contributed by atoms with Crippen molar-refractivity contribution in [2.75, 3.05) is 0 Å². The average Bonchev–Trinajstić information content (AvgIpc) is 3.43. The summed E-state index contributed by atoms with van der Waals surface area (Å²) in [5.41, 5.74) is 0.112. The molecule has 0 bridgehead atoms. The monoisotopic (exact) mass is 613 g/mol. The number of hydrogen-bond acceptors (Lipinski definition) is 6. The van der Waals surface area contributed by atoms with Gasteiger partial charge in [0.25, 0.3) is 0 Å². The summed E-state index contributed by atoms with van der Waals surface area (Å²) in [6.45, 7) is 8.03. The SMILES string of the molecule is CC(C)(C)[Si](C)(C)O[C@@H](Cn1c(-c2ccc(Cl)cc2)nn(Cc2ncn(-c3cccnc3Cl)n2)c1=O)C(F)(F)F. The van der Waals surface area contributed by atoms with Crippen molar-refractivity contribution in [2.24, 2.45) is 0 Å². The van der Waals surface area contributed by atoms with Gasteiger partial charge in [0, 0.05) is 16.8 Å². The predicted molar refractivity (Wildman–Crippen MR) is 148 cm³/mol. The lowest BCUT2D eigenvalue weighted by Crippen LogP contribution is -2.50. The van der Waals surface area contributed by atoms with Crippen LogP contribution < -0.4 is 5.69 Å². The van der Waals surface area contributed by atoms with Gasteiger partial charge in [-0.25, -0.2) is 24.1 Å². The molecule has 1 aromatic carbocycles. The standard InChI is InChI=1S/C25H28Cl2F3N7O2Si/c1-24(2,3)40(4,5)39-19(25(28,29)30)13-35-22(16-8-10-17(26)11-9-16)34-36(23(35)38)14-20-32-15-37(33-20)18-7-6-12-31-21(18)27/h6-12,15,19H,13-14H2,1-5H3/t19-/m0/s1. The Balaban J connectivity index is 1.74. The number of aromatic nitrogens is 7. The van der Waals surface area contributed by atoms with E-state index in [1.165, 1.54) is 17.2 Å². The van der Waals surface area contributed by atoms with Crippen molar-refractivity contribution in [1.82, 2.24) is 34.1 Å². The summed E-state index contributed by atoms with van der Waals surface area (Å²) in [7, 11) is -2.86. The Morgan fingerprint density at radius 1 is 1.02 bits per heavy atom. The Hall–Kier alpha value is -3.00. The number of halogens is 5. The molecule has 0 saturated heterocycles. The Bertz CT molecular complexity index is 1540. The van der Waals surface area contributed by atoms with Crippen LogP contribution in [0.3, 0.4) is 0 Å². The molecule has 0 aliphatic heterocycles. The predicted octanol–water partition coefficient (Wildman–Crippen LogP) is 6.00. The van der Waals surface area contributed by atoms with Crippen LogP contribution in [0.15, 0.2) is 53.7 Å². The molecule has 0 spiro atoms. The largest absolute Gasteiger partial charge is 0.415 e. The van der Waals surface area contributed by atoms with Crippen LogP contribution in [0.25, 0.3) is 17.1 Å². The van der Waals surface area contributed by atoms with E-state index in [1.54, 1.807) is 49.5 Å². The molecule has 0 N–H and O–H groups in total. The van der Waals surface area contributed by atoms with Crippen LogP contribution in [0.5, 0.6) is 0 Å². The van der Waals surface area contributed by atoms with E-state index in [-0.39, 0.29) is 23.3 Å². The van der Waals surface area contributed by atoms with Crippen molar-refractivity contribution >= 4 is 31.5 Å². The van der Waals surface area contributed by atoms with Gasteiger partial charge in [-0.05, 0) is 54.5 Å². The van der Waals surface area contributed by atoms with Gasteiger partial charge in [0.05, 0.1) is 6.54 Å². The molecule has 1 atom stereocenters. The first kappa shape index (κ1) is 30.0. The molecule has 0 aliphatic carbocycles. The first-order chi connectivity index (χ1) is 18.6. The number of alkyl halides is 3. The number of benzene rings is 1. The zero-order valence-corrected chi connectivity index (χ0v) is 25.0. The van der Waals surface area contributed by atoms with Crippen molar-refractivity contribution in [2.45, 2.75) is 64.3 Å². The Morgan fingerprint density at radius 2 is 1.70 bits per heavy atom. The molecule has 9 nitrogen and oxygen atoms in total. The van der Waals surface area contributed by atoms with E-state index in [1.807, 2.05) is 20.8 Å². The van der Waals surface area contributed by atoms with E-state index in [0.717, 1.165) is 9.25 Å². The molecule has 0 saturated carbocycles. The van der Waals surface area contributed by atoms with Gasteiger partial charge < -0.3 is 4.43 Å². The fourth-order valence-corrected chi connectivity index (χ4v) is 5.20. The van der Waals surface area contributed by atoms with Crippen molar-refractivity contribution < 1.29 is 17.6 Å². The minimum absolute atomic E-state index is 0.0319. The second-order valence-corrected chi connectivity index (χ2v) is 16.3. The van der Waals surface area contributed by atoms with Gasteiger partial charge in [0.15, 0.2) is 31.2 Å². The summed E-state index contributed by atoms with van der Waals surface area (Å²) in [6.07, 6.45) is -4.03. The third-order valence-electron chi connectivity index (χ3n) is 6.80. The van der Waals surface area contributed by atoms with Gasteiger partial charge in [0.1, 0.15) is 18.6 Å². The molecule has 0 aliphatic rings. The van der Waals surface area contributed by atoms with E-state index in [4.69, 9.17) is 27.6 Å². The van der Waals surface area contributed by atoms with E-state index in [0.29, 0.717) is 16.3 Å². The number of hydrogen-bond donors (Lipinski definition) is 0. The fourth-order valence-electron chi connectivity index (χ4n) is 3.60. The fraction of sp³-hybridized carbons (Fsp3) is 0.400. The van der Waals surface area contributed by atoms with Crippen LogP contribution in [0.1, 0.15) is 26.6 Å². The second kappa shape index (κ2) is 11.1. The maximum atomic E-state index is 14.3. The third-order valence-corrected chi connectivity index (χ3v) is 11.8. The molecule has 4 aromatic rings. The van der Waals surface area contributed by atoms with E-state index in [2.05, 4.69) is 20.2 Å². The maximum Gasteiger partial charge on any atom is 0.415 e. The summed E-state index contributed by atoms with van der Waals surface area (Å²) >= 11 is 12.1. The number of pyridine rings is 1. The normalized spacial score (nSPS) is 13.6. The molecular weight excluding hydrogens is 586 g/mol. The highest BCUT2D eigenvalue weighted by molar-refractivity contribution is 6.74. The Morgan fingerprint density at radius 3 is 2.30 bits per heavy atom. The second-order valence-electron chi connectivity index (χ2n) is 10.7. The number of rotatable bonds is 8. The van der Waals surface area contributed by atoms with Gasteiger partial charge in [-0.1, -0.05) is 44.0 Å². The lowest BCUT2D eigenvalue weighted by Gasteiger charge is -2.39. The highest BCUT2D eigenvalue weighted by Crippen LogP contribution is 2.40. The molecule has 0 amide bonds. The molecule has 4 rings (SSSR count). The van der Waals surface area contributed by atoms with Crippen molar-refractivity contribution in [3.05, 3.63) is 75.4 Å². The van der Waals surface area contributed by atoms with Crippen LogP contribution in [0, 0.1) is 0 Å². The molecule has 0 radical (unpaired) electrons. The van der Waals surface area contributed by atoms with E-state index in [9.17, 15) is 18.0 Å². The van der Waals surface area contributed by atoms with Gasteiger partial charge in [-0.15, -0.1) is 10.2 Å². The van der Waals surface area contributed by atoms with Crippen molar-refractivity contribution in [1.29, 1.82) is 0 Å². The Labute approximate surface area is 239 Å². The first-order valence-electron chi connectivity index (χ1n) is 12.3. The van der Waals surface area contributed by atoms with Gasteiger partial charge in [0.2, 0.25) is 0 Å². The molecule has 214 valence electrons. The highest BCUT2D eigenvalue weighted by Gasteiger charge is 2.48. The highest BCUT2D eigenvalue weighted by atomic mass is 35.5. The van der Waals surface area contributed by atoms with Crippen molar-refractivity contribution in [3.8, 4) is 17.1 Å². The molecule has 0 fully saturated rings. The summed E-state index contributed by atoms with van der Waals surface area (Å²) in [5.74, 6) is 0.226. The van der Waals surface area contributed by atoms with Crippen molar-refractivity contribution in [3.63, 3.8) is 0 Å². The lowest BCUT2D eigenvalue weighted by molar-refractivity contribution is -0.202. The van der Waals surface area contributed by atoms with Crippen LogP contribution in [0.2, 0.25) is 28.3 Å². The van der Waals surface area contributed by atoms with E-state index >= 15 is 0 Å². The summed E-state index contributed by atoms with van der Waals surface area (Å²) in [5, 5.41) is 8.85.